The van der Waals surface area contributed by atoms with Crippen LogP contribution in [0, 0.1) is 11.3 Å². The standard InChI is InChI=1S/C17H33NO3/c1-5-10-17(13-19,11-14-8-6-7-9-14)12-18-15(20)21-16(2,3)4/h14,19H,5-13H2,1-4H3,(H,18,20). The fourth-order valence-corrected chi connectivity index (χ4v) is 3.39. The third-order valence-electron chi connectivity index (χ3n) is 4.32. The molecule has 0 aromatic rings. The molecule has 4 heteroatoms. The van der Waals surface area contributed by atoms with Crippen LogP contribution in [0.15, 0.2) is 0 Å². The van der Waals surface area contributed by atoms with Gasteiger partial charge in [0.25, 0.3) is 0 Å². The summed E-state index contributed by atoms with van der Waals surface area (Å²) in [4.78, 5) is 11.8. The van der Waals surface area contributed by atoms with Crippen LogP contribution < -0.4 is 5.32 Å². The third kappa shape index (κ3) is 6.68. The Morgan fingerprint density at radius 1 is 1.29 bits per heavy atom. The van der Waals surface area contributed by atoms with E-state index in [1.165, 1.54) is 25.7 Å². The van der Waals surface area contributed by atoms with Crippen molar-refractivity contribution >= 4 is 6.09 Å². The van der Waals surface area contributed by atoms with E-state index in [2.05, 4.69) is 12.2 Å². The van der Waals surface area contributed by atoms with E-state index in [0.717, 1.165) is 19.3 Å². The molecule has 0 heterocycles. The van der Waals surface area contributed by atoms with Crippen LogP contribution in [0.5, 0.6) is 0 Å². The topological polar surface area (TPSA) is 58.6 Å². The molecule has 2 N–H and O–H groups in total. The summed E-state index contributed by atoms with van der Waals surface area (Å²) in [6.07, 6.45) is 7.71. The van der Waals surface area contributed by atoms with Crippen molar-refractivity contribution in [2.45, 2.75) is 78.2 Å². The first kappa shape index (κ1) is 18.3. The maximum Gasteiger partial charge on any atom is 0.407 e. The van der Waals surface area contributed by atoms with Crippen molar-refractivity contribution in [2.24, 2.45) is 11.3 Å². The van der Waals surface area contributed by atoms with E-state index in [1.54, 1.807) is 0 Å². The summed E-state index contributed by atoms with van der Waals surface area (Å²) < 4.78 is 5.29. The van der Waals surface area contributed by atoms with Crippen molar-refractivity contribution in [1.29, 1.82) is 0 Å². The van der Waals surface area contributed by atoms with Crippen LogP contribution in [0.2, 0.25) is 0 Å². The highest BCUT2D eigenvalue weighted by Crippen LogP contribution is 2.38. The lowest BCUT2D eigenvalue weighted by Gasteiger charge is -2.34. The Morgan fingerprint density at radius 2 is 1.90 bits per heavy atom. The number of alkyl carbamates (subject to hydrolysis) is 1. The average molecular weight is 299 g/mol. The zero-order chi connectivity index (χ0) is 15.9. The summed E-state index contributed by atoms with van der Waals surface area (Å²) in [5.41, 5.74) is -0.678. The van der Waals surface area contributed by atoms with Crippen molar-refractivity contribution in [2.75, 3.05) is 13.2 Å². The minimum atomic E-state index is -0.484. The molecule has 0 aromatic heterocycles. The summed E-state index contributed by atoms with van der Waals surface area (Å²) >= 11 is 0. The number of carbonyl (C=O) groups excluding carboxylic acids is 1. The van der Waals surface area contributed by atoms with Gasteiger partial charge in [0.05, 0.1) is 6.61 Å². The minimum absolute atomic E-state index is 0.132. The predicted octanol–water partition coefficient (Wildman–Crippen LogP) is 3.87. The lowest BCUT2D eigenvalue weighted by atomic mass is 9.76. The number of nitrogens with one attached hydrogen (secondary N) is 1. The van der Waals surface area contributed by atoms with E-state index >= 15 is 0 Å². The van der Waals surface area contributed by atoms with E-state index in [-0.39, 0.29) is 18.1 Å². The molecule has 0 saturated heterocycles. The molecule has 1 amide bonds. The smallest absolute Gasteiger partial charge is 0.407 e. The molecule has 1 rings (SSSR count). The van der Waals surface area contributed by atoms with E-state index < -0.39 is 5.60 Å². The summed E-state index contributed by atoms with van der Waals surface area (Å²) in [7, 11) is 0. The maximum atomic E-state index is 11.8. The van der Waals surface area contributed by atoms with Gasteiger partial charge in [-0.3, -0.25) is 0 Å². The zero-order valence-electron chi connectivity index (χ0n) is 14.2. The number of rotatable bonds is 7. The minimum Gasteiger partial charge on any atom is -0.444 e. The fourth-order valence-electron chi connectivity index (χ4n) is 3.39. The van der Waals surface area contributed by atoms with Crippen LogP contribution in [0.4, 0.5) is 4.79 Å². The highest BCUT2D eigenvalue weighted by molar-refractivity contribution is 5.67. The van der Waals surface area contributed by atoms with Crippen molar-refractivity contribution in [3.63, 3.8) is 0 Å². The number of aliphatic hydroxyl groups excluding tert-OH is 1. The van der Waals surface area contributed by atoms with Crippen molar-refractivity contribution in [1.82, 2.24) is 5.32 Å². The second kappa shape index (κ2) is 8.02. The van der Waals surface area contributed by atoms with Crippen molar-refractivity contribution < 1.29 is 14.6 Å². The van der Waals surface area contributed by atoms with Gasteiger partial charge in [0, 0.05) is 12.0 Å². The number of amides is 1. The highest BCUT2D eigenvalue weighted by atomic mass is 16.6. The molecule has 0 spiro atoms. The van der Waals surface area contributed by atoms with Gasteiger partial charge < -0.3 is 15.2 Å². The monoisotopic (exact) mass is 299 g/mol. The lowest BCUT2D eigenvalue weighted by molar-refractivity contribution is 0.0417. The molecule has 1 aliphatic rings. The van der Waals surface area contributed by atoms with Gasteiger partial charge in [-0.15, -0.1) is 0 Å². The second-order valence-corrected chi connectivity index (χ2v) is 7.62. The first-order chi connectivity index (χ1) is 9.80. The molecule has 0 aromatic carbocycles. The molecule has 0 radical (unpaired) electrons. The number of aliphatic hydroxyl groups is 1. The van der Waals surface area contributed by atoms with Gasteiger partial charge >= 0.3 is 6.09 Å². The Bertz CT molecular complexity index is 318. The number of carbonyl (C=O) groups is 1. The molecular weight excluding hydrogens is 266 g/mol. The van der Waals surface area contributed by atoms with Crippen LogP contribution in [0.3, 0.4) is 0 Å². The maximum absolute atomic E-state index is 11.8. The predicted molar refractivity (Wildman–Crippen MR) is 85.2 cm³/mol. The number of ether oxygens (including phenoxy) is 1. The third-order valence-corrected chi connectivity index (χ3v) is 4.32. The molecule has 1 aliphatic carbocycles. The number of hydrogen-bond acceptors (Lipinski definition) is 3. The number of hydrogen-bond donors (Lipinski definition) is 2. The van der Waals surface area contributed by atoms with Crippen LogP contribution in [-0.2, 0) is 4.74 Å². The summed E-state index contributed by atoms with van der Waals surface area (Å²) in [6.45, 7) is 8.34. The summed E-state index contributed by atoms with van der Waals surface area (Å²) in [5.74, 6) is 0.698. The molecule has 4 nitrogen and oxygen atoms in total. The van der Waals surface area contributed by atoms with E-state index in [1.807, 2.05) is 20.8 Å². The van der Waals surface area contributed by atoms with Gasteiger partial charge in [0.15, 0.2) is 0 Å². The van der Waals surface area contributed by atoms with Crippen LogP contribution >= 0.6 is 0 Å². The van der Waals surface area contributed by atoms with Gasteiger partial charge in [-0.25, -0.2) is 4.79 Å². The Kier molecular flexibility index (Phi) is 6.98. The molecule has 21 heavy (non-hydrogen) atoms. The fraction of sp³-hybridized carbons (Fsp3) is 0.941. The molecule has 0 aliphatic heterocycles. The molecule has 1 saturated carbocycles. The Hall–Kier alpha value is -0.770. The van der Waals surface area contributed by atoms with Gasteiger partial charge in [0.1, 0.15) is 5.60 Å². The van der Waals surface area contributed by atoms with Crippen LogP contribution in [0.1, 0.15) is 72.6 Å². The zero-order valence-corrected chi connectivity index (χ0v) is 14.2. The van der Waals surface area contributed by atoms with Gasteiger partial charge in [-0.2, -0.15) is 0 Å². The summed E-state index contributed by atoms with van der Waals surface area (Å²) in [6, 6.07) is 0. The van der Waals surface area contributed by atoms with Crippen LogP contribution in [-0.4, -0.2) is 30.0 Å². The lowest BCUT2D eigenvalue weighted by Crippen LogP contribution is -2.43. The van der Waals surface area contributed by atoms with Gasteiger partial charge in [-0.05, 0) is 39.5 Å². The molecule has 1 fully saturated rings. The summed E-state index contributed by atoms with van der Waals surface area (Å²) in [5, 5.41) is 12.8. The first-order valence-electron chi connectivity index (χ1n) is 8.38. The molecule has 1 atom stereocenters. The molecule has 0 bridgehead atoms. The van der Waals surface area contributed by atoms with Crippen LogP contribution in [0.25, 0.3) is 0 Å². The SMILES string of the molecule is CCCC(CO)(CNC(=O)OC(C)(C)C)CC1CCCC1. The average Bonchev–Trinajstić information content (AvgIpc) is 2.87. The normalized spacial score (nSPS) is 19.3. The van der Waals surface area contributed by atoms with Crippen molar-refractivity contribution in [3.8, 4) is 0 Å². The van der Waals surface area contributed by atoms with E-state index in [9.17, 15) is 9.90 Å². The Balaban J connectivity index is 2.57. The van der Waals surface area contributed by atoms with Gasteiger partial charge in [0.2, 0.25) is 0 Å². The van der Waals surface area contributed by atoms with E-state index in [4.69, 9.17) is 4.74 Å². The quantitative estimate of drug-likeness (QED) is 0.750. The molecule has 124 valence electrons. The second-order valence-electron chi connectivity index (χ2n) is 7.62. The first-order valence-corrected chi connectivity index (χ1v) is 8.38. The largest absolute Gasteiger partial charge is 0.444 e. The molecule has 1 unspecified atom stereocenters. The highest BCUT2D eigenvalue weighted by Gasteiger charge is 2.33. The Labute approximate surface area is 129 Å². The molecular formula is C17H33NO3. The van der Waals surface area contributed by atoms with E-state index in [0.29, 0.717) is 12.5 Å². The Morgan fingerprint density at radius 3 is 2.38 bits per heavy atom. The van der Waals surface area contributed by atoms with Crippen molar-refractivity contribution in [3.05, 3.63) is 0 Å². The van der Waals surface area contributed by atoms with Gasteiger partial charge in [-0.1, -0.05) is 39.0 Å².